The second-order valence-electron chi connectivity index (χ2n) is 8.07. The molecule has 1 unspecified atom stereocenters. The van der Waals surface area contributed by atoms with Gasteiger partial charge in [-0.3, -0.25) is 4.79 Å². The molecule has 1 atom stereocenters. The van der Waals surface area contributed by atoms with Crippen LogP contribution in [0.3, 0.4) is 0 Å². The first-order valence-electron chi connectivity index (χ1n) is 10.3. The lowest BCUT2D eigenvalue weighted by atomic mass is 9.81. The van der Waals surface area contributed by atoms with Crippen molar-refractivity contribution in [3.63, 3.8) is 0 Å². The summed E-state index contributed by atoms with van der Waals surface area (Å²) in [5.74, 6) is -0.116. The molecule has 0 saturated heterocycles. The van der Waals surface area contributed by atoms with Crippen LogP contribution in [-0.4, -0.2) is 18.4 Å². The first-order valence-corrected chi connectivity index (χ1v) is 10.3. The van der Waals surface area contributed by atoms with E-state index in [-0.39, 0.29) is 17.4 Å². The average molecular weight is 338 g/mol. The standard InChI is InChI=1S/C21H39NO2/c1-4-5-6-7-8-9-10-11-12-13-14-15-16-17-21(2,3)19-20(23)22-18-24-19/h18-19H,4-17H2,1-3H3. The van der Waals surface area contributed by atoms with Gasteiger partial charge in [0.1, 0.15) is 0 Å². The fourth-order valence-corrected chi connectivity index (χ4v) is 3.52. The van der Waals surface area contributed by atoms with E-state index in [4.69, 9.17) is 4.74 Å². The van der Waals surface area contributed by atoms with Gasteiger partial charge >= 0.3 is 0 Å². The van der Waals surface area contributed by atoms with E-state index >= 15 is 0 Å². The number of carbonyl (C=O) groups excluding carboxylic acids is 1. The number of ether oxygens (including phenoxy) is 1. The third kappa shape index (κ3) is 8.84. The van der Waals surface area contributed by atoms with Gasteiger partial charge in [-0.1, -0.05) is 104 Å². The molecule has 0 radical (unpaired) electrons. The van der Waals surface area contributed by atoms with Gasteiger partial charge in [-0.2, -0.15) is 4.99 Å². The highest BCUT2D eigenvalue weighted by Crippen LogP contribution is 2.32. The minimum atomic E-state index is -0.366. The largest absolute Gasteiger partial charge is 0.469 e. The Morgan fingerprint density at radius 2 is 1.33 bits per heavy atom. The third-order valence-electron chi connectivity index (χ3n) is 5.24. The molecule has 0 saturated carbocycles. The van der Waals surface area contributed by atoms with Gasteiger partial charge in [0.2, 0.25) is 0 Å². The van der Waals surface area contributed by atoms with Crippen LogP contribution in [0.1, 0.15) is 111 Å². The van der Waals surface area contributed by atoms with Crippen molar-refractivity contribution in [1.29, 1.82) is 0 Å². The summed E-state index contributed by atoms with van der Waals surface area (Å²) >= 11 is 0. The number of aliphatic imine (C=N–C) groups is 1. The summed E-state index contributed by atoms with van der Waals surface area (Å²) in [5.41, 5.74) is -0.106. The van der Waals surface area contributed by atoms with E-state index in [1.807, 2.05) is 0 Å². The number of nitrogens with zero attached hydrogens (tertiary/aromatic N) is 1. The predicted molar refractivity (Wildman–Crippen MR) is 102 cm³/mol. The van der Waals surface area contributed by atoms with Crippen LogP contribution in [-0.2, 0) is 9.53 Å². The summed E-state index contributed by atoms with van der Waals surface area (Å²) < 4.78 is 5.35. The SMILES string of the molecule is CCCCCCCCCCCCCCCC(C)(C)C1OC=NC1=O. The molecule has 24 heavy (non-hydrogen) atoms. The van der Waals surface area contributed by atoms with E-state index in [0.29, 0.717) is 0 Å². The first-order chi connectivity index (χ1) is 11.6. The van der Waals surface area contributed by atoms with E-state index in [0.717, 1.165) is 6.42 Å². The van der Waals surface area contributed by atoms with Gasteiger partial charge < -0.3 is 4.74 Å². The summed E-state index contributed by atoms with van der Waals surface area (Å²) in [5, 5.41) is 0. The molecule has 0 fully saturated rings. The van der Waals surface area contributed by atoms with E-state index in [9.17, 15) is 4.79 Å². The first kappa shape index (κ1) is 21.2. The van der Waals surface area contributed by atoms with Crippen LogP contribution in [0, 0.1) is 5.41 Å². The molecule has 140 valence electrons. The molecule has 0 spiro atoms. The summed E-state index contributed by atoms with van der Waals surface area (Å²) in [4.78, 5) is 15.3. The third-order valence-corrected chi connectivity index (χ3v) is 5.24. The van der Waals surface area contributed by atoms with Crippen molar-refractivity contribution in [2.75, 3.05) is 0 Å². The van der Waals surface area contributed by atoms with Crippen LogP contribution in [0.25, 0.3) is 0 Å². The lowest BCUT2D eigenvalue weighted by Crippen LogP contribution is -2.34. The molecule has 1 aliphatic heterocycles. The summed E-state index contributed by atoms with van der Waals surface area (Å²) in [6.45, 7) is 6.51. The lowest BCUT2D eigenvalue weighted by Gasteiger charge is -2.28. The van der Waals surface area contributed by atoms with Crippen LogP contribution >= 0.6 is 0 Å². The maximum absolute atomic E-state index is 11.6. The lowest BCUT2D eigenvalue weighted by molar-refractivity contribution is -0.127. The van der Waals surface area contributed by atoms with Gasteiger partial charge in [0.05, 0.1) is 0 Å². The van der Waals surface area contributed by atoms with Crippen molar-refractivity contribution in [2.24, 2.45) is 10.4 Å². The fourth-order valence-electron chi connectivity index (χ4n) is 3.52. The quantitative estimate of drug-likeness (QED) is 0.322. The van der Waals surface area contributed by atoms with E-state index in [2.05, 4.69) is 25.8 Å². The van der Waals surface area contributed by atoms with Gasteiger partial charge in [0.15, 0.2) is 12.5 Å². The zero-order chi connectivity index (χ0) is 17.7. The molecule has 0 aliphatic carbocycles. The van der Waals surface area contributed by atoms with E-state index in [1.165, 1.54) is 89.9 Å². The molecule has 1 amide bonds. The molecule has 1 aliphatic rings. The van der Waals surface area contributed by atoms with Crippen molar-refractivity contribution in [3.05, 3.63) is 0 Å². The zero-order valence-electron chi connectivity index (χ0n) is 16.3. The molecule has 3 nitrogen and oxygen atoms in total. The highest BCUT2D eigenvalue weighted by molar-refractivity contribution is 5.92. The highest BCUT2D eigenvalue weighted by Gasteiger charge is 2.38. The number of rotatable bonds is 15. The molecule has 0 bridgehead atoms. The molecule has 0 aromatic carbocycles. The number of amides is 1. The minimum absolute atomic E-state index is 0.106. The fraction of sp³-hybridized carbons (Fsp3) is 0.905. The van der Waals surface area contributed by atoms with Crippen LogP contribution in [0.2, 0.25) is 0 Å². The molecule has 1 rings (SSSR count). The van der Waals surface area contributed by atoms with Crippen molar-refractivity contribution in [3.8, 4) is 0 Å². The van der Waals surface area contributed by atoms with E-state index < -0.39 is 0 Å². The van der Waals surface area contributed by atoms with Crippen LogP contribution in [0.4, 0.5) is 0 Å². The van der Waals surface area contributed by atoms with Gasteiger partial charge in [-0.05, 0) is 6.42 Å². The predicted octanol–water partition coefficient (Wildman–Crippen LogP) is 6.45. The molecular weight excluding hydrogens is 298 g/mol. The summed E-state index contributed by atoms with van der Waals surface area (Å²) in [6.07, 6.45) is 19.8. The molecule has 0 aromatic rings. The molecule has 3 heteroatoms. The number of hydrogen-bond acceptors (Lipinski definition) is 2. The monoisotopic (exact) mass is 337 g/mol. The second-order valence-corrected chi connectivity index (χ2v) is 8.07. The van der Waals surface area contributed by atoms with Crippen molar-refractivity contribution >= 4 is 12.3 Å². The highest BCUT2D eigenvalue weighted by atomic mass is 16.5. The Bertz CT molecular complexity index is 363. The van der Waals surface area contributed by atoms with Gasteiger partial charge in [0, 0.05) is 5.41 Å². The molecule has 0 aromatic heterocycles. The smallest absolute Gasteiger partial charge is 0.290 e. The Morgan fingerprint density at radius 3 is 1.75 bits per heavy atom. The average Bonchev–Trinajstić information content (AvgIpc) is 2.99. The Balaban J connectivity index is 1.87. The maximum Gasteiger partial charge on any atom is 0.290 e. The minimum Gasteiger partial charge on any atom is -0.469 e. The topological polar surface area (TPSA) is 38.7 Å². The van der Waals surface area contributed by atoms with Crippen molar-refractivity contribution in [1.82, 2.24) is 0 Å². The molecular formula is C21H39NO2. The van der Waals surface area contributed by atoms with Crippen LogP contribution in [0.5, 0.6) is 0 Å². The normalized spacial score (nSPS) is 17.5. The molecule has 0 N–H and O–H groups in total. The maximum atomic E-state index is 11.6. The summed E-state index contributed by atoms with van der Waals surface area (Å²) in [7, 11) is 0. The Morgan fingerprint density at radius 1 is 0.875 bits per heavy atom. The van der Waals surface area contributed by atoms with Gasteiger partial charge in [0.25, 0.3) is 5.91 Å². The Hall–Kier alpha value is -0.860. The van der Waals surface area contributed by atoms with Gasteiger partial charge in [-0.25, -0.2) is 0 Å². The number of hydrogen-bond donors (Lipinski definition) is 0. The Kier molecular flexibility index (Phi) is 11.0. The second kappa shape index (κ2) is 12.5. The van der Waals surface area contributed by atoms with E-state index in [1.54, 1.807) is 0 Å². The van der Waals surface area contributed by atoms with Crippen molar-refractivity contribution in [2.45, 2.75) is 117 Å². The summed E-state index contributed by atoms with van der Waals surface area (Å²) in [6, 6.07) is 0. The molecule has 1 heterocycles. The number of carbonyl (C=O) groups is 1. The van der Waals surface area contributed by atoms with Crippen LogP contribution in [0.15, 0.2) is 4.99 Å². The van der Waals surface area contributed by atoms with Crippen molar-refractivity contribution < 1.29 is 9.53 Å². The Labute approximate surface area is 149 Å². The zero-order valence-corrected chi connectivity index (χ0v) is 16.3. The van der Waals surface area contributed by atoms with Crippen LogP contribution < -0.4 is 0 Å². The van der Waals surface area contributed by atoms with Gasteiger partial charge in [-0.15, -0.1) is 0 Å². The number of unbranched alkanes of at least 4 members (excludes halogenated alkanes) is 12.